The van der Waals surface area contributed by atoms with Crippen LogP contribution in [-0.2, 0) is 7.05 Å². The minimum Gasteiger partial charge on any atom is -0.364 e. The number of benzene rings is 1. The van der Waals surface area contributed by atoms with Crippen LogP contribution in [0.3, 0.4) is 0 Å². The molecule has 2 aromatic heterocycles. The van der Waals surface area contributed by atoms with Gasteiger partial charge in [-0.15, -0.1) is 0 Å². The van der Waals surface area contributed by atoms with Gasteiger partial charge in [-0.3, -0.25) is 9.69 Å². The first-order valence-electron chi connectivity index (χ1n) is 10.7. The van der Waals surface area contributed by atoms with Crippen LogP contribution in [-0.4, -0.2) is 39.6 Å². The van der Waals surface area contributed by atoms with Crippen molar-refractivity contribution in [2.45, 2.75) is 38.9 Å². The number of anilines is 1. The summed E-state index contributed by atoms with van der Waals surface area (Å²) in [5.74, 6) is -3.89. The Bertz CT molecular complexity index is 1310. The number of aryl methyl sites for hydroxylation is 1. The molecule has 1 aliphatic heterocycles. The molecule has 1 aromatic carbocycles. The van der Waals surface area contributed by atoms with Gasteiger partial charge in [0.05, 0.1) is 11.2 Å². The highest BCUT2D eigenvalue weighted by Crippen LogP contribution is 2.33. The zero-order valence-electron chi connectivity index (χ0n) is 18.8. The standard InChI is InChI=1S/C24H24F3N5O/c1-13-12-32(21-9-22(33)30(4)20-6-5-17(10-28)29-24(20)21)14(2)11-31(13)15(3)16-7-18(25)23(27)19(26)8-16/h5-9,13-15H,11-12H2,1-4H3/t13-,14-,15?/m0/s1. The maximum atomic E-state index is 13.8. The number of fused-ring (bicyclic) bond motifs is 1. The Labute approximate surface area is 189 Å². The lowest BCUT2D eigenvalue weighted by Gasteiger charge is -2.47. The fraction of sp³-hybridized carbons (Fsp3) is 0.375. The van der Waals surface area contributed by atoms with E-state index in [9.17, 15) is 23.2 Å². The molecule has 0 bridgehead atoms. The quantitative estimate of drug-likeness (QED) is 0.561. The van der Waals surface area contributed by atoms with Crippen molar-refractivity contribution >= 4 is 16.7 Å². The van der Waals surface area contributed by atoms with Gasteiger partial charge in [-0.25, -0.2) is 18.2 Å². The third-order valence-electron chi connectivity index (χ3n) is 6.51. The summed E-state index contributed by atoms with van der Waals surface area (Å²) in [7, 11) is 1.66. The summed E-state index contributed by atoms with van der Waals surface area (Å²) in [6.45, 7) is 6.88. The van der Waals surface area contributed by atoms with Crippen LogP contribution >= 0.6 is 0 Å². The van der Waals surface area contributed by atoms with Crippen molar-refractivity contribution in [3.05, 3.63) is 69.4 Å². The Balaban J connectivity index is 1.69. The molecule has 0 saturated carbocycles. The third kappa shape index (κ3) is 3.95. The Morgan fingerprint density at radius 2 is 1.76 bits per heavy atom. The molecule has 3 heterocycles. The molecule has 3 aromatic rings. The fourth-order valence-corrected chi connectivity index (χ4v) is 4.63. The number of rotatable bonds is 3. The Morgan fingerprint density at radius 1 is 1.09 bits per heavy atom. The molecular formula is C24H24F3N5O. The van der Waals surface area contributed by atoms with Gasteiger partial charge in [0.2, 0.25) is 0 Å². The van der Waals surface area contributed by atoms with Gasteiger partial charge in [0.15, 0.2) is 17.5 Å². The summed E-state index contributed by atoms with van der Waals surface area (Å²) in [4.78, 5) is 21.3. The van der Waals surface area contributed by atoms with E-state index in [1.807, 2.05) is 26.8 Å². The predicted molar refractivity (Wildman–Crippen MR) is 119 cm³/mol. The smallest absolute Gasteiger partial charge is 0.252 e. The van der Waals surface area contributed by atoms with E-state index < -0.39 is 17.5 Å². The first kappa shape index (κ1) is 22.8. The molecular weight excluding hydrogens is 431 g/mol. The van der Waals surface area contributed by atoms with Crippen molar-refractivity contribution in [1.29, 1.82) is 5.26 Å². The second-order valence-electron chi connectivity index (χ2n) is 8.62. The second kappa shape index (κ2) is 8.52. The second-order valence-corrected chi connectivity index (χ2v) is 8.62. The largest absolute Gasteiger partial charge is 0.364 e. The number of nitrogens with zero attached hydrogens (tertiary/aromatic N) is 5. The van der Waals surface area contributed by atoms with Crippen molar-refractivity contribution in [3.8, 4) is 6.07 Å². The maximum Gasteiger partial charge on any atom is 0.252 e. The average molecular weight is 455 g/mol. The highest BCUT2D eigenvalue weighted by atomic mass is 19.2. The molecule has 33 heavy (non-hydrogen) atoms. The van der Waals surface area contributed by atoms with Crippen molar-refractivity contribution in [2.24, 2.45) is 7.05 Å². The third-order valence-corrected chi connectivity index (χ3v) is 6.51. The molecule has 9 heteroatoms. The molecule has 1 fully saturated rings. The Hall–Kier alpha value is -3.38. The summed E-state index contributed by atoms with van der Waals surface area (Å²) in [5.41, 5.74) is 2.28. The van der Waals surface area contributed by atoms with Gasteiger partial charge < -0.3 is 9.47 Å². The maximum absolute atomic E-state index is 13.8. The van der Waals surface area contributed by atoms with Crippen LogP contribution in [0.25, 0.3) is 11.0 Å². The summed E-state index contributed by atoms with van der Waals surface area (Å²) in [5, 5.41) is 9.30. The van der Waals surface area contributed by atoms with Gasteiger partial charge >= 0.3 is 0 Å². The number of piperazine rings is 1. The van der Waals surface area contributed by atoms with Crippen LogP contribution < -0.4 is 10.5 Å². The normalized spacial score (nSPS) is 20.1. The van der Waals surface area contributed by atoms with E-state index in [-0.39, 0.29) is 29.4 Å². The first-order chi connectivity index (χ1) is 15.6. The minimum absolute atomic E-state index is 0.0503. The molecule has 0 radical (unpaired) electrons. The predicted octanol–water partition coefficient (Wildman–Crippen LogP) is 3.88. The van der Waals surface area contributed by atoms with E-state index in [0.29, 0.717) is 35.4 Å². The lowest BCUT2D eigenvalue weighted by atomic mass is 10.00. The highest BCUT2D eigenvalue weighted by Gasteiger charge is 2.34. The van der Waals surface area contributed by atoms with Crippen molar-refractivity contribution < 1.29 is 13.2 Å². The van der Waals surface area contributed by atoms with E-state index in [0.717, 1.165) is 12.1 Å². The molecule has 0 amide bonds. The van der Waals surface area contributed by atoms with Crippen LogP contribution in [0.5, 0.6) is 0 Å². The fourth-order valence-electron chi connectivity index (χ4n) is 4.63. The van der Waals surface area contributed by atoms with E-state index in [4.69, 9.17) is 0 Å². The number of pyridine rings is 2. The van der Waals surface area contributed by atoms with E-state index >= 15 is 0 Å². The lowest BCUT2D eigenvalue weighted by Crippen LogP contribution is -2.57. The van der Waals surface area contributed by atoms with E-state index in [1.165, 1.54) is 10.6 Å². The molecule has 6 nitrogen and oxygen atoms in total. The molecule has 172 valence electrons. The molecule has 0 spiro atoms. The molecule has 4 rings (SSSR count). The number of hydrogen-bond donors (Lipinski definition) is 0. The molecule has 3 atom stereocenters. The first-order valence-corrected chi connectivity index (χ1v) is 10.7. The zero-order chi connectivity index (χ0) is 24.0. The van der Waals surface area contributed by atoms with Gasteiger partial charge in [-0.2, -0.15) is 5.26 Å². The monoisotopic (exact) mass is 455 g/mol. The van der Waals surface area contributed by atoms with Crippen LogP contribution in [0.1, 0.15) is 38.1 Å². The summed E-state index contributed by atoms with van der Waals surface area (Å²) in [6.07, 6.45) is 0. The van der Waals surface area contributed by atoms with Crippen LogP contribution in [0.2, 0.25) is 0 Å². The highest BCUT2D eigenvalue weighted by molar-refractivity contribution is 5.89. The Morgan fingerprint density at radius 3 is 2.39 bits per heavy atom. The zero-order valence-corrected chi connectivity index (χ0v) is 18.8. The Kier molecular flexibility index (Phi) is 5.89. The molecule has 0 N–H and O–H groups in total. The number of aromatic nitrogens is 2. The van der Waals surface area contributed by atoms with Gasteiger partial charge in [0.1, 0.15) is 17.3 Å². The van der Waals surface area contributed by atoms with E-state index in [2.05, 4.69) is 14.8 Å². The van der Waals surface area contributed by atoms with Crippen molar-refractivity contribution in [2.75, 3.05) is 18.0 Å². The van der Waals surface area contributed by atoms with Crippen LogP contribution in [0.15, 0.2) is 35.1 Å². The summed E-state index contributed by atoms with van der Waals surface area (Å²) >= 11 is 0. The van der Waals surface area contributed by atoms with Gasteiger partial charge in [0, 0.05) is 44.3 Å². The van der Waals surface area contributed by atoms with E-state index in [1.54, 1.807) is 19.2 Å². The van der Waals surface area contributed by atoms with Gasteiger partial charge in [-0.05, 0) is 50.6 Å². The molecule has 1 aliphatic rings. The molecule has 0 aliphatic carbocycles. The minimum atomic E-state index is -1.47. The van der Waals surface area contributed by atoms with Crippen LogP contribution in [0.4, 0.5) is 18.9 Å². The molecule has 1 saturated heterocycles. The summed E-state index contributed by atoms with van der Waals surface area (Å²) < 4.78 is 42.5. The topological polar surface area (TPSA) is 65.2 Å². The summed E-state index contributed by atoms with van der Waals surface area (Å²) in [6, 6.07) is 8.48. The average Bonchev–Trinajstić information content (AvgIpc) is 2.80. The molecule has 1 unspecified atom stereocenters. The van der Waals surface area contributed by atoms with Gasteiger partial charge in [0.25, 0.3) is 5.56 Å². The SMILES string of the molecule is CC(c1cc(F)c(F)c(F)c1)N1C[C@H](C)N(c2cc(=O)n(C)c3ccc(C#N)nc23)C[C@@H]1C. The number of halogens is 3. The van der Waals surface area contributed by atoms with Crippen molar-refractivity contribution in [1.82, 2.24) is 14.5 Å². The van der Waals surface area contributed by atoms with Gasteiger partial charge in [-0.1, -0.05) is 0 Å². The van der Waals surface area contributed by atoms with Crippen LogP contribution in [0, 0.1) is 28.8 Å². The number of nitriles is 1. The van der Waals surface area contributed by atoms with Crippen molar-refractivity contribution in [3.63, 3.8) is 0 Å². The number of hydrogen-bond acceptors (Lipinski definition) is 5. The lowest BCUT2D eigenvalue weighted by molar-refractivity contribution is 0.119.